The molecule has 30 heavy (non-hydrogen) atoms. The summed E-state index contributed by atoms with van der Waals surface area (Å²) >= 11 is 0. The van der Waals surface area contributed by atoms with Gasteiger partial charge in [-0.3, -0.25) is 4.79 Å². The molecule has 11 nitrogen and oxygen atoms in total. The van der Waals surface area contributed by atoms with Crippen LogP contribution in [0.1, 0.15) is 37.2 Å². The number of benzene rings is 1. The van der Waals surface area contributed by atoms with Crippen LogP contribution < -0.4 is 14.3 Å². The number of phenolic OH excluding ortho intramolecular Hbond substituents is 1. The summed E-state index contributed by atoms with van der Waals surface area (Å²) in [7, 11) is -4.31. The maximum atomic E-state index is 14.6. The molecule has 2 heterocycles. The Morgan fingerprint density at radius 3 is 2.30 bits per heavy atom. The Hall–Kier alpha value is -3.35. The highest BCUT2D eigenvalue weighted by Gasteiger charge is 2.37. The van der Waals surface area contributed by atoms with E-state index in [1.165, 1.54) is 0 Å². The summed E-state index contributed by atoms with van der Waals surface area (Å²) in [5, 5.41) is 33.1. The average molecular weight is 439 g/mol. The number of halogens is 1. The summed E-state index contributed by atoms with van der Waals surface area (Å²) < 4.78 is 40.5. The number of carbonyl (C=O) groups is 1. The van der Waals surface area contributed by atoms with Crippen molar-refractivity contribution in [2.24, 2.45) is 0 Å². The number of aromatic hydroxyl groups is 3. The number of anilines is 3. The van der Waals surface area contributed by atoms with Crippen LogP contribution in [0.4, 0.5) is 21.7 Å². The van der Waals surface area contributed by atoms with E-state index in [-0.39, 0.29) is 23.1 Å². The third-order valence-corrected chi connectivity index (χ3v) is 6.42. The van der Waals surface area contributed by atoms with E-state index in [2.05, 4.69) is 15.3 Å². The van der Waals surface area contributed by atoms with Gasteiger partial charge in [-0.05, 0) is 24.8 Å². The van der Waals surface area contributed by atoms with Gasteiger partial charge in [-0.15, -0.1) is 0 Å². The molecule has 2 aliphatic rings. The summed E-state index contributed by atoms with van der Waals surface area (Å²) in [4.78, 5) is 19.1. The molecule has 2 fully saturated rings. The van der Waals surface area contributed by atoms with Crippen molar-refractivity contribution >= 4 is 33.4 Å². The molecule has 0 radical (unpaired) electrons. The Morgan fingerprint density at radius 1 is 1.13 bits per heavy atom. The van der Waals surface area contributed by atoms with E-state index >= 15 is 0 Å². The molecule has 1 amide bonds. The van der Waals surface area contributed by atoms with Crippen LogP contribution in [0, 0.1) is 5.82 Å². The van der Waals surface area contributed by atoms with Crippen molar-refractivity contribution in [1.82, 2.24) is 14.7 Å². The molecule has 0 unspecified atom stereocenters. The molecule has 1 saturated heterocycles. The average Bonchev–Trinajstić information content (AvgIpc) is 3.21. The van der Waals surface area contributed by atoms with E-state index in [0.29, 0.717) is 4.31 Å². The summed E-state index contributed by atoms with van der Waals surface area (Å²) in [5.74, 6) is -3.83. The van der Waals surface area contributed by atoms with Gasteiger partial charge < -0.3 is 20.6 Å². The third kappa shape index (κ3) is 3.51. The summed E-state index contributed by atoms with van der Waals surface area (Å²) in [6, 6.07) is 1.86. The minimum atomic E-state index is -4.31. The zero-order chi connectivity index (χ0) is 21.6. The van der Waals surface area contributed by atoms with Crippen LogP contribution in [-0.4, -0.2) is 46.2 Å². The van der Waals surface area contributed by atoms with Gasteiger partial charge in [-0.2, -0.15) is 18.4 Å². The monoisotopic (exact) mass is 439 g/mol. The van der Waals surface area contributed by atoms with E-state index in [4.69, 9.17) is 0 Å². The van der Waals surface area contributed by atoms with Crippen LogP contribution in [0.25, 0.3) is 0 Å². The van der Waals surface area contributed by atoms with Crippen molar-refractivity contribution in [3.63, 3.8) is 0 Å². The first-order valence-electron chi connectivity index (χ1n) is 9.08. The quantitative estimate of drug-likeness (QED) is 0.472. The maximum Gasteiger partial charge on any atom is 0.326 e. The van der Waals surface area contributed by atoms with Crippen LogP contribution in [-0.2, 0) is 15.0 Å². The number of phenols is 1. The molecule has 1 aromatic heterocycles. The molecule has 1 saturated carbocycles. The van der Waals surface area contributed by atoms with Gasteiger partial charge in [0, 0.05) is 11.8 Å². The van der Waals surface area contributed by atoms with Gasteiger partial charge in [0.2, 0.25) is 17.7 Å². The maximum absolute atomic E-state index is 14.6. The molecule has 13 heteroatoms. The number of hydrogen-bond acceptors (Lipinski definition) is 9. The van der Waals surface area contributed by atoms with Crippen molar-refractivity contribution in [2.45, 2.75) is 31.6 Å². The number of hydrogen-bond donors (Lipinski definition) is 5. The van der Waals surface area contributed by atoms with Crippen LogP contribution in [0.3, 0.4) is 0 Å². The van der Waals surface area contributed by atoms with Crippen molar-refractivity contribution in [3.05, 3.63) is 23.5 Å². The zero-order valence-electron chi connectivity index (χ0n) is 15.5. The third-order valence-electron chi connectivity index (χ3n) is 5.04. The Morgan fingerprint density at radius 2 is 1.77 bits per heavy atom. The molecular formula is C17H18FN5O6S. The van der Waals surface area contributed by atoms with E-state index in [0.717, 1.165) is 37.8 Å². The van der Waals surface area contributed by atoms with E-state index in [9.17, 15) is 32.9 Å². The van der Waals surface area contributed by atoms with E-state index in [1.807, 2.05) is 0 Å². The van der Waals surface area contributed by atoms with Gasteiger partial charge in [0.15, 0.2) is 5.82 Å². The second-order valence-corrected chi connectivity index (χ2v) is 8.67. The lowest BCUT2D eigenvalue weighted by molar-refractivity contribution is -0.117. The molecule has 2 aromatic rings. The predicted molar refractivity (Wildman–Crippen MR) is 102 cm³/mol. The zero-order valence-corrected chi connectivity index (χ0v) is 16.3. The van der Waals surface area contributed by atoms with Gasteiger partial charge in [0.25, 0.3) is 5.91 Å². The van der Waals surface area contributed by atoms with Crippen LogP contribution >= 0.6 is 0 Å². The van der Waals surface area contributed by atoms with Crippen molar-refractivity contribution in [3.8, 4) is 17.5 Å². The molecule has 1 aliphatic heterocycles. The molecule has 5 N–H and O–H groups in total. The van der Waals surface area contributed by atoms with Crippen LogP contribution in [0.2, 0.25) is 0 Å². The summed E-state index contributed by atoms with van der Waals surface area (Å²) in [6.45, 7) is -0.674. The number of carbonyl (C=O) groups excluding carboxylic acids is 1. The number of nitrogens with one attached hydrogen (secondary N) is 2. The van der Waals surface area contributed by atoms with Crippen LogP contribution in [0.15, 0.2) is 12.1 Å². The molecule has 0 atom stereocenters. The number of rotatable bonds is 4. The Balaban J connectivity index is 1.63. The second-order valence-electron chi connectivity index (χ2n) is 7.08. The van der Waals surface area contributed by atoms with E-state index in [1.54, 1.807) is 4.72 Å². The lowest BCUT2D eigenvalue weighted by Crippen LogP contribution is -2.30. The topological polar surface area (TPSA) is 165 Å². The molecule has 1 aliphatic carbocycles. The fraction of sp³-hybridized carbons (Fsp3) is 0.353. The van der Waals surface area contributed by atoms with Gasteiger partial charge in [-0.25, -0.2) is 13.4 Å². The number of aromatic nitrogens is 2. The Kier molecular flexibility index (Phi) is 4.76. The Bertz CT molecular complexity index is 1090. The second kappa shape index (κ2) is 7.16. The minimum Gasteiger partial charge on any atom is -0.506 e. The molecule has 0 spiro atoms. The fourth-order valence-electron chi connectivity index (χ4n) is 3.76. The molecule has 0 bridgehead atoms. The van der Waals surface area contributed by atoms with Crippen molar-refractivity contribution < 1.29 is 32.9 Å². The normalized spacial score (nSPS) is 18.6. The molecule has 1 aromatic carbocycles. The van der Waals surface area contributed by atoms with Crippen LogP contribution in [0.5, 0.6) is 17.5 Å². The molecule has 4 rings (SSSR count). The molecule has 160 valence electrons. The first-order chi connectivity index (χ1) is 14.2. The SMILES string of the molecule is O=C1CN(c2c(O)cc(Nc3nc(O)c(C4CCCC4)c(O)n3)cc2F)S(=O)(=O)N1. The smallest absolute Gasteiger partial charge is 0.326 e. The standard InChI is InChI=1S/C17H18FN5O6S/c18-10-5-9(6-11(24)14(10)23-7-12(25)22-30(23,28)29)19-17-20-15(26)13(16(27)21-17)8-3-1-2-4-8/h5-6,8,24H,1-4,7H2,(H,22,25)(H3,19,20,21,26,27). The minimum absolute atomic E-state index is 0.0430. The summed E-state index contributed by atoms with van der Waals surface area (Å²) in [5.41, 5.74) is -0.502. The highest BCUT2D eigenvalue weighted by atomic mass is 32.2. The van der Waals surface area contributed by atoms with Gasteiger partial charge in [0.1, 0.15) is 18.0 Å². The lowest BCUT2D eigenvalue weighted by Gasteiger charge is -2.18. The fourth-order valence-corrected chi connectivity index (χ4v) is 4.93. The van der Waals surface area contributed by atoms with Crippen molar-refractivity contribution in [1.29, 1.82) is 0 Å². The predicted octanol–water partition coefficient (Wildman–Crippen LogP) is 1.31. The summed E-state index contributed by atoms with van der Waals surface area (Å²) in [6.07, 6.45) is 3.55. The Labute approximate surface area is 170 Å². The highest BCUT2D eigenvalue weighted by molar-refractivity contribution is 7.92. The van der Waals surface area contributed by atoms with Gasteiger partial charge in [0.05, 0.1) is 5.56 Å². The number of amides is 1. The largest absolute Gasteiger partial charge is 0.506 e. The first-order valence-corrected chi connectivity index (χ1v) is 10.5. The van der Waals surface area contributed by atoms with Crippen molar-refractivity contribution in [2.75, 3.05) is 16.2 Å². The molecular weight excluding hydrogens is 421 g/mol. The lowest BCUT2D eigenvalue weighted by atomic mass is 10.00. The highest BCUT2D eigenvalue weighted by Crippen LogP contribution is 2.42. The van der Waals surface area contributed by atoms with Gasteiger partial charge >= 0.3 is 10.2 Å². The van der Waals surface area contributed by atoms with E-state index < -0.39 is 51.7 Å². The van der Waals surface area contributed by atoms with Gasteiger partial charge in [-0.1, -0.05) is 12.8 Å². The first kappa shape index (κ1) is 19.9. The number of nitrogens with zero attached hydrogens (tertiary/aromatic N) is 3.